The molecule has 21 heavy (non-hydrogen) atoms. The lowest BCUT2D eigenvalue weighted by Gasteiger charge is -2.26. The molecule has 0 unspecified atom stereocenters. The molecule has 0 aromatic rings. The second kappa shape index (κ2) is 9.00. The van der Waals surface area contributed by atoms with E-state index in [1.54, 1.807) is 0 Å². The Balaban J connectivity index is 2.00. The number of morpholine rings is 1. The zero-order valence-electron chi connectivity index (χ0n) is 13.5. The number of carbonyl (C=O) groups excluding carboxylic acids is 2. The topological polar surface area (TPSA) is 70.7 Å². The highest BCUT2D eigenvalue weighted by atomic mass is 16.5. The lowest BCUT2D eigenvalue weighted by Crippen LogP contribution is -2.41. The van der Waals surface area contributed by atoms with E-state index in [4.69, 9.17) is 4.74 Å². The molecular formula is C15H29N3O3. The van der Waals surface area contributed by atoms with Gasteiger partial charge in [-0.05, 0) is 6.42 Å². The molecule has 122 valence electrons. The highest BCUT2D eigenvalue weighted by Crippen LogP contribution is 2.12. The predicted molar refractivity (Wildman–Crippen MR) is 82.0 cm³/mol. The summed E-state index contributed by atoms with van der Waals surface area (Å²) >= 11 is 0. The van der Waals surface area contributed by atoms with E-state index in [0.29, 0.717) is 25.9 Å². The number of nitrogens with zero attached hydrogens (tertiary/aromatic N) is 1. The van der Waals surface area contributed by atoms with E-state index in [-0.39, 0.29) is 17.2 Å². The molecule has 0 aromatic heterocycles. The van der Waals surface area contributed by atoms with Gasteiger partial charge in [0, 0.05) is 44.6 Å². The van der Waals surface area contributed by atoms with Crippen LogP contribution < -0.4 is 10.6 Å². The number of rotatable bonds is 7. The third-order valence-corrected chi connectivity index (χ3v) is 3.40. The monoisotopic (exact) mass is 299 g/mol. The first-order valence-electron chi connectivity index (χ1n) is 7.74. The van der Waals surface area contributed by atoms with E-state index in [1.165, 1.54) is 0 Å². The molecule has 1 fully saturated rings. The van der Waals surface area contributed by atoms with E-state index in [9.17, 15) is 9.59 Å². The van der Waals surface area contributed by atoms with Gasteiger partial charge >= 0.3 is 0 Å². The molecule has 1 aliphatic rings. The summed E-state index contributed by atoms with van der Waals surface area (Å²) in [5.74, 6) is 0.0727. The molecule has 0 aliphatic carbocycles. The van der Waals surface area contributed by atoms with Crippen LogP contribution in [0.15, 0.2) is 0 Å². The first-order chi connectivity index (χ1) is 9.89. The molecule has 1 rings (SSSR count). The van der Waals surface area contributed by atoms with E-state index in [0.717, 1.165) is 32.8 Å². The van der Waals surface area contributed by atoms with Crippen molar-refractivity contribution in [3.05, 3.63) is 0 Å². The molecule has 0 saturated carbocycles. The Kier molecular flexibility index (Phi) is 7.67. The highest BCUT2D eigenvalue weighted by Gasteiger charge is 2.20. The summed E-state index contributed by atoms with van der Waals surface area (Å²) < 4.78 is 5.27. The number of amides is 2. The summed E-state index contributed by atoms with van der Waals surface area (Å²) in [6.07, 6.45) is 1.12. The van der Waals surface area contributed by atoms with Crippen molar-refractivity contribution in [1.82, 2.24) is 15.5 Å². The van der Waals surface area contributed by atoms with Crippen molar-refractivity contribution in [1.29, 1.82) is 0 Å². The molecule has 0 aromatic carbocycles. The minimum Gasteiger partial charge on any atom is -0.379 e. The van der Waals surface area contributed by atoms with Gasteiger partial charge in [0.15, 0.2) is 0 Å². The molecule has 0 bridgehead atoms. The molecule has 6 heteroatoms. The van der Waals surface area contributed by atoms with Gasteiger partial charge in [-0.2, -0.15) is 0 Å². The number of hydrogen-bond acceptors (Lipinski definition) is 4. The minimum atomic E-state index is -0.375. The maximum Gasteiger partial charge on any atom is 0.225 e. The molecule has 6 nitrogen and oxygen atoms in total. The molecule has 2 amide bonds. The maximum atomic E-state index is 11.7. The summed E-state index contributed by atoms with van der Waals surface area (Å²) in [5, 5.41) is 5.76. The Hall–Kier alpha value is -1.14. The maximum absolute atomic E-state index is 11.7. The predicted octanol–water partition coefficient (Wildman–Crippen LogP) is 0.377. The van der Waals surface area contributed by atoms with Crippen molar-refractivity contribution in [3.8, 4) is 0 Å². The van der Waals surface area contributed by atoms with E-state index < -0.39 is 0 Å². The molecule has 1 heterocycles. The number of ether oxygens (including phenoxy) is 1. The van der Waals surface area contributed by atoms with Crippen molar-refractivity contribution in [2.24, 2.45) is 5.41 Å². The molecular weight excluding hydrogens is 270 g/mol. The zero-order chi connectivity index (χ0) is 15.7. The lowest BCUT2D eigenvalue weighted by atomic mass is 9.96. The van der Waals surface area contributed by atoms with E-state index in [2.05, 4.69) is 15.5 Å². The summed E-state index contributed by atoms with van der Waals surface area (Å²) in [7, 11) is 0. The van der Waals surface area contributed by atoms with Gasteiger partial charge in [-0.3, -0.25) is 14.5 Å². The normalized spacial score (nSPS) is 16.5. The van der Waals surface area contributed by atoms with Crippen LogP contribution >= 0.6 is 0 Å². The Bertz CT molecular complexity index is 334. The quantitative estimate of drug-likeness (QED) is 0.667. The summed E-state index contributed by atoms with van der Waals surface area (Å²) in [5.41, 5.74) is -0.375. The van der Waals surface area contributed by atoms with Crippen LogP contribution in [0, 0.1) is 5.41 Å². The van der Waals surface area contributed by atoms with Gasteiger partial charge in [0.1, 0.15) is 0 Å². The number of nitrogens with one attached hydrogen (secondary N) is 2. The fourth-order valence-corrected chi connectivity index (χ4v) is 1.98. The van der Waals surface area contributed by atoms with Crippen LogP contribution in [0.25, 0.3) is 0 Å². The van der Waals surface area contributed by atoms with Crippen LogP contribution in [-0.2, 0) is 14.3 Å². The van der Waals surface area contributed by atoms with Crippen molar-refractivity contribution in [2.75, 3.05) is 45.9 Å². The van der Waals surface area contributed by atoms with Crippen LogP contribution in [0.2, 0.25) is 0 Å². The van der Waals surface area contributed by atoms with E-state index in [1.807, 2.05) is 20.8 Å². The second-order valence-electron chi connectivity index (χ2n) is 6.41. The van der Waals surface area contributed by atoms with Gasteiger partial charge in [-0.1, -0.05) is 20.8 Å². The number of carbonyl (C=O) groups is 2. The van der Waals surface area contributed by atoms with E-state index >= 15 is 0 Å². The smallest absolute Gasteiger partial charge is 0.225 e. The van der Waals surface area contributed by atoms with Gasteiger partial charge in [-0.15, -0.1) is 0 Å². The first-order valence-corrected chi connectivity index (χ1v) is 7.74. The molecule has 1 saturated heterocycles. The zero-order valence-corrected chi connectivity index (χ0v) is 13.5. The average molecular weight is 299 g/mol. The highest BCUT2D eigenvalue weighted by molar-refractivity contribution is 5.81. The van der Waals surface area contributed by atoms with Gasteiger partial charge in [-0.25, -0.2) is 0 Å². The van der Waals surface area contributed by atoms with Crippen molar-refractivity contribution in [3.63, 3.8) is 0 Å². The first kappa shape index (κ1) is 17.9. The Morgan fingerprint density at radius 3 is 2.38 bits per heavy atom. The van der Waals surface area contributed by atoms with Gasteiger partial charge in [0.05, 0.1) is 13.2 Å². The molecule has 2 N–H and O–H groups in total. The van der Waals surface area contributed by atoms with Crippen molar-refractivity contribution in [2.45, 2.75) is 33.6 Å². The largest absolute Gasteiger partial charge is 0.379 e. The number of hydrogen-bond donors (Lipinski definition) is 2. The van der Waals surface area contributed by atoms with Crippen LogP contribution in [0.5, 0.6) is 0 Å². The summed E-state index contributed by atoms with van der Waals surface area (Å²) in [6.45, 7) is 11.2. The van der Waals surface area contributed by atoms with Crippen LogP contribution in [-0.4, -0.2) is 62.7 Å². The Morgan fingerprint density at radius 2 is 1.76 bits per heavy atom. The Morgan fingerprint density at radius 1 is 1.10 bits per heavy atom. The van der Waals surface area contributed by atoms with Gasteiger partial charge in [0.2, 0.25) is 11.8 Å². The van der Waals surface area contributed by atoms with Crippen LogP contribution in [0.3, 0.4) is 0 Å². The average Bonchev–Trinajstić information content (AvgIpc) is 2.43. The standard InChI is InChI=1S/C15H29N3O3/c1-15(2,3)14(20)17-6-4-5-13(19)16-7-8-18-9-11-21-12-10-18/h4-12H2,1-3H3,(H,16,19)(H,17,20). The van der Waals surface area contributed by atoms with Crippen LogP contribution in [0.4, 0.5) is 0 Å². The SMILES string of the molecule is CC(C)(C)C(=O)NCCCC(=O)NCCN1CCOCC1. The molecule has 0 spiro atoms. The summed E-state index contributed by atoms with van der Waals surface area (Å²) in [4.78, 5) is 25.6. The van der Waals surface area contributed by atoms with Crippen molar-refractivity contribution >= 4 is 11.8 Å². The second-order valence-corrected chi connectivity index (χ2v) is 6.41. The molecule has 0 radical (unpaired) electrons. The third-order valence-electron chi connectivity index (χ3n) is 3.40. The molecule has 0 atom stereocenters. The third kappa shape index (κ3) is 8.02. The van der Waals surface area contributed by atoms with Crippen molar-refractivity contribution < 1.29 is 14.3 Å². The van der Waals surface area contributed by atoms with Gasteiger partial charge in [0.25, 0.3) is 0 Å². The summed E-state index contributed by atoms with van der Waals surface area (Å²) in [6, 6.07) is 0. The minimum absolute atomic E-state index is 0.0234. The van der Waals surface area contributed by atoms with Gasteiger partial charge < -0.3 is 15.4 Å². The molecule has 1 aliphatic heterocycles. The lowest BCUT2D eigenvalue weighted by molar-refractivity contribution is -0.128. The fourth-order valence-electron chi connectivity index (χ4n) is 1.98. The fraction of sp³-hybridized carbons (Fsp3) is 0.867. The Labute approximate surface area is 127 Å². The van der Waals surface area contributed by atoms with Crippen LogP contribution in [0.1, 0.15) is 33.6 Å².